The molecule has 0 saturated heterocycles. The van der Waals surface area contributed by atoms with Crippen molar-refractivity contribution >= 4 is 15.8 Å². The first kappa shape index (κ1) is 17.2. The molecule has 6 heteroatoms. The molecular weight excluding hydrogens is 290 g/mol. The maximum Gasteiger partial charge on any atom is 0.339 e. The van der Waals surface area contributed by atoms with Crippen molar-refractivity contribution in [1.29, 1.82) is 5.26 Å². The Morgan fingerprint density at radius 3 is 2.48 bits per heavy atom. The molecular formula is C15H19NO4S. The second-order valence-electron chi connectivity index (χ2n) is 4.97. The number of nitriles is 1. The number of carbonyl (C=O) groups is 1. The number of hydrogen-bond acceptors (Lipinski definition) is 5. The summed E-state index contributed by atoms with van der Waals surface area (Å²) >= 11 is 0. The van der Waals surface area contributed by atoms with E-state index in [2.05, 4.69) is 4.74 Å². The van der Waals surface area contributed by atoms with Gasteiger partial charge in [0.1, 0.15) is 6.07 Å². The van der Waals surface area contributed by atoms with Crippen molar-refractivity contribution < 1.29 is 17.9 Å². The number of methoxy groups -OCH3 is 1. The molecule has 0 saturated carbocycles. The van der Waals surface area contributed by atoms with E-state index in [1.807, 2.05) is 19.9 Å². The molecule has 0 radical (unpaired) electrons. The highest BCUT2D eigenvalue weighted by molar-refractivity contribution is 7.90. The molecule has 5 nitrogen and oxygen atoms in total. The molecule has 0 bridgehead atoms. The predicted octanol–water partition coefficient (Wildman–Crippen LogP) is 2.65. The Morgan fingerprint density at radius 1 is 1.43 bits per heavy atom. The Morgan fingerprint density at radius 2 is 2.05 bits per heavy atom. The van der Waals surface area contributed by atoms with E-state index in [9.17, 15) is 18.5 Å². The van der Waals surface area contributed by atoms with Crippen LogP contribution in [0.3, 0.4) is 0 Å². The van der Waals surface area contributed by atoms with Gasteiger partial charge >= 0.3 is 5.97 Å². The summed E-state index contributed by atoms with van der Waals surface area (Å²) in [4.78, 5) is 11.6. The van der Waals surface area contributed by atoms with Gasteiger partial charge in [-0.25, -0.2) is 13.2 Å². The standard InChI is InChI=1S/C15H19NO4S/c1-5-6-10(2)11-7-8-12(15(17)20-3)13(9-16)14(11)21(4,18)19/h7-8,10H,5-6H2,1-4H3. The Balaban J connectivity index is 3.72. The normalized spacial score (nSPS) is 12.5. The van der Waals surface area contributed by atoms with Gasteiger partial charge < -0.3 is 4.74 Å². The molecule has 1 unspecified atom stereocenters. The van der Waals surface area contributed by atoms with Crippen LogP contribution in [0.2, 0.25) is 0 Å². The van der Waals surface area contributed by atoms with Crippen molar-refractivity contribution in [2.24, 2.45) is 0 Å². The number of benzene rings is 1. The van der Waals surface area contributed by atoms with E-state index in [-0.39, 0.29) is 21.9 Å². The molecule has 21 heavy (non-hydrogen) atoms. The van der Waals surface area contributed by atoms with E-state index in [1.165, 1.54) is 13.2 Å². The fraction of sp³-hybridized carbons (Fsp3) is 0.467. The quantitative estimate of drug-likeness (QED) is 0.781. The Bertz CT molecular complexity index is 686. The molecule has 0 aromatic heterocycles. The van der Waals surface area contributed by atoms with E-state index in [4.69, 9.17) is 0 Å². The summed E-state index contributed by atoms with van der Waals surface area (Å²) in [5.41, 5.74) is 0.418. The van der Waals surface area contributed by atoms with Gasteiger partial charge in [0.2, 0.25) is 0 Å². The van der Waals surface area contributed by atoms with Gasteiger partial charge in [0.15, 0.2) is 9.84 Å². The third-order valence-corrected chi connectivity index (χ3v) is 4.51. The van der Waals surface area contributed by atoms with Crippen molar-refractivity contribution in [3.8, 4) is 6.07 Å². The van der Waals surface area contributed by atoms with Crippen molar-refractivity contribution in [1.82, 2.24) is 0 Å². The predicted molar refractivity (Wildman–Crippen MR) is 78.9 cm³/mol. The average molecular weight is 309 g/mol. The van der Waals surface area contributed by atoms with Gasteiger partial charge in [-0.2, -0.15) is 5.26 Å². The first-order valence-electron chi connectivity index (χ1n) is 6.63. The number of esters is 1. The van der Waals surface area contributed by atoms with Gasteiger partial charge in [-0.1, -0.05) is 26.3 Å². The zero-order chi connectivity index (χ0) is 16.2. The van der Waals surface area contributed by atoms with E-state index < -0.39 is 15.8 Å². The van der Waals surface area contributed by atoms with E-state index in [0.717, 1.165) is 19.1 Å². The molecule has 0 heterocycles. The third-order valence-electron chi connectivity index (χ3n) is 3.33. The zero-order valence-electron chi connectivity index (χ0n) is 12.6. The lowest BCUT2D eigenvalue weighted by molar-refractivity contribution is 0.0600. The molecule has 0 fully saturated rings. The van der Waals surface area contributed by atoms with Crippen molar-refractivity contribution in [3.05, 3.63) is 28.8 Å². The van der Waals surface area contributed by atoms with Crippen molar-refractivity contribution in [2.75, 3.05) is 13.4 Å². The van der Waals surface area contributed by atoms with Crippen LogP contribution in [0.1, 0.15) is 54.1 Å². The third kappa shape index (κ3) is 3.61. The first-order valence-corrected chi connectivity index (χ1v) is 8.52. The first-order chi connectivity index (χ1) is 9.77. The summed E-state index contributed by atoms with van der Waals surface area (Å²) < 4.78 is 28.8. The number of carbonyl (C=O) groups excluding carboxylic acids is 1. The molecule has 0 aliphatic rings. The van der Waals surface area contributed by atoms with Gasteiger partial charge in [0, 0.05) is 6.26 Å². The fourth-order valence-electron chi connectivity index (χ4n) is 2.37. The van der Waals surface area contributed by atoms with Gasteiger partial charge in [0.05, 0.1) is 23.1 Å². The number of nitrogens with zero attached hydrogens (tertiary/aromatic N) is 1. The highest BCUT2D eigenvalue weighted by atomic mass is 32.2. The molecule has 0 amide bonds. The van der Waals surface area contributed by atoms with Crippen molar-refractivity contribution in [3.63, 3.8) is 0 Å². The molecule has 0 aliphatic heterocycles. The van der Waals surface area contributed by atoms with Crippen molar-refractivity contribution in [2.45, 2.75) is 37.5 Å². The van der Waals surface area contributed by atoms with Crippen LogP contribution in [-0.2, 0) is 14.6 Å². The number of hydrogen-bond donors (Lipinski definition) is 0. The summed E-state index contributed by atoms with van der Waals surface area (Å²) in [6, 6.07) is 4.90. The lowest BCUT2D eigenvalue weighted by Gasteiger charge is -2.17. The minimum Gasteiger partial charge on any atom is -0.465 e. The monoisotopic (exact) mass is 309 g/mol. The number of rotatable bonds is 5. The van der Waals surface area contributed by atoms with Crippen LogP contribution in [0.25, 0.3) is 0 Å². The van der Waals surface area contributed by atoms with Crippen LogP contribution in [0.4, 0.5) is 0 Å². The lowest BCUT2D eigenvalue weighted by Crippen LogP contribution is -2.13. The Kier molecular flexibility index (Phi) is 5.50. The Labute approximate surface area is 125 Å². The lowest BCUT2D eigenvalue weighted by atomic mass is 9.93. The average Bonchev–Trinajstić information content (AvgIpc) is 2.43. The highest BCUT2D eigenvalue weighted by Crippen LogP contribution is 2.32. The summed E-state index contributed by atoms with van der Waals surface area (Å²) in [6.45, 7) is 3.91. The fourth-order valence-corrected chi connectivity index (χ4v) is 3.59. The smallest absolute Gasteiger partial charge is 0.339 e. The zero-order valence-corrected chi connectivity index (χ0v) is 13.5. The highest BCUT2D eigenvalue weighted by Gasteiger charge is 2.26. The van der Waals surface area contributed by atoms with Crippen LogP contribution in [0.15, 0.2) is 17.0 Å². The second-order valence-corrected chi connectivity index (χ2v) is 6.92. The van der Waals surface area contributed by atoms with Gasteiger partial charge in [-0.15, -0.1) is 0 Å². The van der Waals surface area contributed by atoms with E-state index in [0.29, 0.717) is 5.56 Å². The molecule has 1 atom stereocenters. The summed E-state index contributed by atoms with van der Waals surface area (Å²) in [5, 5.41) is 9.32. The maximum atomic E-state index is 12.1. The topological polar surface area (TPSA) is 84.2 Å². The van der Waals surface area contributed by atoms with E-state index >= 15 is 0 Å². The maximum absolute atomic E-state index is 12.1. The minimum atomic E-state index is -3.63. The van der Waals surface area contributed by atoms with Gasteiger partial charge in [0.25, 0.3) is 0 Å². The minimum absolute atomic E-state index is 0.0153. The number of ether oxygens (including phenoxy) is 1. The largest absolute Gasteiger partial charge is 0.465 e. The number of sulfone groups is 1. The summed E-state index contributed by atoms with van der Waals surface area (Å²) in [7, 11) is -2.44. The molecule has 1 rings (SSSR count). The molecule has 0 N–H and O–H groups in total. The molecule has 1 aromatic rings. The van der Waals surface area contributed by atoms with Crippen LogP contribution in [0.5, 0.6) is 0 Å². The van der Waals surface area contributed by atoms with Gasteiger partial charge in [-0.05, 0) is 24.0 Å². The molecule has 114 valence electrons. The van der Waals surface area contributed by atoms with Crippen LogP contribution < -0.4 is 0 Å². The SMILES string of the molecule is CCCC(C)c1ccc(C(=O)OC)c(C#N)c1S(C)(=O)=O. The second kappa shape index (κ2) is 6.72. The van der Waals surface area contributed by atoms with Crippen LogP contribution >= 0.6 is 0 Å². The Hall–Kier alpha value is -1.87. The van der Waals surface area contributed by atoms with Crippen LogP contribution in [0, 0.1) is 11.3 Å². The molecule has 1 aromatic carbocycles. The summed E-state index contributed by atoms with van der Waals surface area (Å²) in [5.74, 6) is -0.732. The van der Waals surface area contributed by atoms with Gasteiger partial charge in [-0.3, -0.25) is 0 Å². The van der Waals surface area contributed by atoms with Crippen LogP contribution in [-0.4, -0.2) is 27.8 Å². The van der Waals surface area contributed by atoms with E-state index in [1.54, 1.807) is 6.07 Å². The molecule has 0 aliphatic carbocycles. The molecule has 0 spiro atoms. The summed E-state index contributed by atoms with van der Waals surface area (Å²) in [6.07, 6.45) is 2.74.